The molecular formula is C11H15N3O. The first-order valence-electron chi connectivity index (χ1n) is 4.92. The maximum absolute atomic E-state index is 10.1. The van der Waals surface area contributed by atoms with Gasteiger partial charge in [-0.05, 0) is 19.1 Å². The second kappa shape index (κ2) is 3.55. The molecule has 2 N–H and O–H groups in total. The Balaban J connectivity index is 2.14. The Hall–Kier alpha value is -1.55. The molecule has 1 aromatic rings. The molecule has 0 radical (unpaired) electrons. The van der Waals surface area contributed by atoms with E-state index in [0.29, 0.717) is 6.54 Å². The van der Waals surface area contributed by atoms with E-state index in [9.17, 15) is 5.11 Å². The summed E-state index contributed by atoms with van der Waals surface area (Å²) in [6.07, 6.45) is 0. The van der Waals surface area contributed by atoms with Crippen molar-refractivity contribution < 1.29 is 5.11 Å². The van der Waals surface area contributed by atoms with Gasteiger partial charge < -0.3 is 15.3 Å². The molecule has 1 atom stereocenters. The monoisotopic (exact) mass is 205 g/mol. The van der Waals surface area contributed by atoms with Crippen molar-refractivity contribution in [3.63, 3.8) is 0 Å². The summed E-state index contributed by atoms with van der Waals surface area (Å²) in [6, 6.07) is 9.58. The molecule has 1 unspecified atom stereocenters. The Morgan fingerprint density at radius 1 is 1.40 bits per heavy atom. The van der Waals surface area contributed by atoms with Gasteiger partial charge in [-0.25, -0.2) is 4.99 Å². The van der Waals surface area contributed by atoms with Crippen molar-refractivity contribution in [2.75, 3.05) is 18.9 Å². The molecule has 1 aromatic carbocycles. The van der Waals surface area contributed by atoms with Crippen molar-refractivity contribution in [3.8, 4) is 0 Å². The molecule has 0 amide bonds. The Labute approximate surface area is 89.2 Å². The van der Waals surface area contributed by atoms with Crippen LogP contribution in [0.4, 0.5) is 5.69 Å². The van der Waals surface area contributed by atoms with E-state index in [-0.39, 0.29) is 0 Å². The molecule has 80 valence electrons. The lowest BCUT2D eigenvalue weighted by Crippen LogP contribution is -2.40. The normalized spacial score (nSPS) is 25.3. The van der Waals surface area contributed by atoms with E-state index in [1.165, 1.54) is 0 Å². The fraction of sp³-hybridized carbons (Fsp3) is 0.364. The van der Waals surface area contributed by atoms with E-state index >= 15 is 0 Å². The van der Waals surface area contributed by atoms with E-state index < -0.39 is 5.85 Å². The minimum Gasteiger partial charge on any atom is -0.357 e. The van der Waals surface area contributed by atoms with Gasteiger partial charge in [-0.2, -0.15) is 0 Å². The zero-order valence-corrected chi connectivity index (χ0v) is 8.94. The number of benzene rings is 1. The van der Waals surface area contributed by atoms with Crippen molar-refractivity contribution in [2.24, 2.45) is 4.99 Å². The minimum absolute atomic E-state index is 0.466. The molecule has 1 heterocycles. The van der Waals surface area contributed by atoms with Gasteiger partial charge in [0.2, 0.25) is 0 Å². The highest BCUT2D eigenvalue weighted by atomic mass is 16.3. The third kappa shape index (κ3) is 2.10. The van der Waals surface area contributed by atoms with Gasteiger partial charge in [0.25, 0.3) is 5.85 Å². The van der Waals surface area contributed by atoms with Crippen LogP contribution in [0, 0.1) is 0 Å². The van der Waals surface area contributed by atoms with Gasteiger partial charge in [0.1, 0.15) is 5.84 Å². The summed E-state index contributed by atoms with van der Waals surface area (Å²) in [5, 5.41) is 13.1. The van der Waals surface area contributed by atoms with E-state index in [4.69, 9.17) is 0 Å². The molecule has 0 aliphatic carbocycles. The molecule has 0 aromatic heterocycles. The maximum atomic E-state index is 10.1. The topological polar surface area (TPSA) is 47.9 Å². The van der Waals surface area contributed by atoms with Crippen LogP contribution in [-0.4, -0.2) is 35.3 Å². The first-order valence-corrected chi connectivity index (χ1v) is 4.92. The van der Waals surface area contributed by atoms with E-state index in [1.807, 2.05) is 49.2 Å². The SMILES string of the molecule is CC1=NC(O)(Nc2ccccc2)CN1C. The standard InChI is InChI=1S/C11H15N3O/c1-9-12-11(15,8-14(9)2)13-10-6-4-3-5-7-10/h3-7,13,15H,8H2,1-2H3. The molecule has 2 rings (SSSR count). The third-order valence-corrected chi connectivity index (χ3v) is 2.48. The summed E-state index contributed by atoms with van der Waals surface area (Å²) < 4.78 is 0. The largest absolute Gasteiger partial charge is 0.357 e. The lowest BCUT2D eigenvalue weighted by molar-refractivity contribution is 0.0777. The van der Waals surface area contributed by atoms with Crippen LogP contribution in [0.25, 0.3) is 0 Å². The fourth-order valence-corrected chi connectivity index (χ4v) is 1.65. The summed E-state index contributed by atoms with van der Waals surface area (Å²) in [5.74, 6) is -0.360. The van der Waals surface area contributed by atoms with Crippen molar-refractivity contribution in [1.82, 2.24) is 4.90 Å². The molecule has 0 bridgehead atoms. The molecule has 0 spiro atoms. The lowest BCUT2D eigenvalue weighted by Gasteiger charge is -2.22. The van der Waals surface area contributed by atoms with Crippen LogP contribution in [0.2, 0.25) is 0 Å². The zero-order valence-electron chi connectivity index (χ0n) is 8.94. The highest BCUT2D eigenvalue weighted by Crippen LogP contribution is 2.20. The molecule has 1 aliphatic rings. The predicted octanol–water partition coefficient (Wildman–Crippen LogP) is 1.11. The Morgan fingerprint density at radius 3 is 2.60 bits per heavy atom. The number of para-hydroxylation sites is 1. The van der Waals surface area contributed by atoms with E-state index in [0.717, 1.165) is 11.5 Å². The summed E-state index contributed by atoms with van der Waals surface area (Å²) in [4.78, 5) is 6.10. The van der Waals surface area contributed by atoms with E-state index in [2.05, 4.69) is 10.3 Å². The summed E-state index contributed by atoms with van der Waals surface area (Å²) in [6.45, 7) is 2.35. The van der Waals surface area contributed by atoms with Crippen LogP contribution >= 0.6 is 0 Å². The number of β-amino-alcohol motifs (C(OH)–C–C–N with tert-alkyl or cyclic N) is 1. The quantitative estimate of drug-likeness (QED) is 0.711. The molecular weight excluding hydrogens is 190 g/mol. The molecule has 0 saturated carbocycles. The Morgan fingerprint density at radius 2 is 2.07 bits per heavy atom. The number of likely N-dealkylation sites (N-methyl/N-ethyl adjacent to an activating group) is 1. The summed E-state index contributed by atoms with van der Waals surface area (Å²) >= 11 is 0. The first kappa shape index (κ1) is 9.98. The number of anilines is 1. The molecule has 4 heteroatoms. The number of amidine groups is 1. The van der Waals surface area contributed by atoms with Gasteiger partial charge in [0.15, 0.2) is 0 Å². The number of nitrogens with zero attached hydrogens (tertiary/aromatic N) is 2. The number of aliphatic hydroxyl groups is 1. The number of hydrogen-bond acceptors (Lipinski definition) is 4. The van der Waals surface area contributed by atoms with Crippen LogP contribution in [0.5, 0.6) is 0 Å². The van der Waals surface area contributed by atoms with Gasteiger partial charge in [0, 0.05) is 12.7 Å². The Kier molecular flexibility index (Phi) is 2.36. The van der Waals surface area contributed by atoms with Crippen molar-refractivity contribution in [3.05, 3.63) is 30.3 Å². The second-order valence-corrected chi connectivity index (χ2v) is 3.82. The predicted molar refractivity (Wildman–Crippen MR) is 60.8 cm³/mol. The molecule has 0 saturated heterocycles. The highest BCUT2D eigenvalue weighted by molar-refractivity contribution is 5.82. The Bertz CT molecular complexity index is 377. The molecule has 4 nitrogen and oxygen atoms in total. The van der Waals surface area contributed by atoms with Crippen molar-refractivity contribution >= 4 is 11.5 Å². The van der Waals surface area contributed by atoms with Gasteiger partial charge in [-0.1, -0.05) is 18.2 Å². The fourth-order valence-electron chi connectivity index (χ4n) is 1.65. The van der Waals surface area contributed by atoms with Crippen LogP contribution < -0.4 is 5.32 Å². The molecule has 15 heavy (non-hydrogen) atoms. The smallest absolute Gasteiger partial charge is 0.254 e. The number of rotatable bonds is 2. The van der Waals surface area contributed by atoms with E-state index in [1.54, 1.807) is 0 Å². The second-order valence-electron chi connectivity index (χ2n) is 3.82. The third-order valence-electron chi connectivity index (χ3n) is 2.48. The van der Waals surface area contributed by atoms with Gasteiger partial charge in [0.05, 0.1) is 6.54 Å². The highest BCUT2D eigenvalue weighted by Gasteiger charge is 2.33. The number of nitrogens with one attached hydrogen (secondary N) is 1. The van der Waals surface area contributed by atoms with Crippen LogP contribution in [0.3, 0.4) is 0 Å². The molecule has 1 aliphatic heterocycles. The van der Waals surface area contributed by atoms with Crippen LogP contribution in [0.15, 0.2) is 35.3 Å². The average molecular weight is 205 g/mol. The van der Waals surface area contributed by atoms with Crippen molar-refractivity contribution in [1.29, 1.82) is 0 Å². The summed E-state index contributed by atoms with van der Waals surface area (Å²) in [7, 11) is 1.91. The van der Waals surface area contributed by atoms with Crippen LogP contribution in [0.1, 0.15) is 6.92 Å². The summed E-state index contributed by atoms with van der Waals surface area (Å²) in [5.41, 5.74) is 0.867. The average Bonchev–Trinajstić information content (AvgIpc) is 2.42. The van der Waals surface area contributed by atoms with Crippen LogP contribution in [-0.2, 0) is 0 Å². The number of hydrogen-bond donors (Lipinski definition) is 2. The lowest BCUT2D eigenvalue weighted by atomic mass is 10.3. The minimum atomic E-state index is -1.19. The van der Waals surface area contributed by atoms with Crippen molar-refractivity contribution in [2.45, 2.75) is 12.8 Å². The maximum Gasteiger partial charge on any atom is 0.254 e. The number of aliphatic imine (C=N–C) groups is 1. The van der Waals surface area contributed by atoms with Gasteiger partial charge in [-0.15, -0.1) is 0 Å². The van der Waals surface area contributed by atoms with Gasteiger partial charge in [-0.3, -0.25) is 0 Å². The first-order chi connectivity index (χ1) is 7.09. The zero-order chi connectivity index (χ0) is 10.9. The van der Waals surface area contributed by atoms with Gasteiger partial charge >= 0.3 is 0 Å². The molecule has 0 fully saturated rings.